The second-order valence-corrected chi connectivity index (χ2v) is 8.49. The molecular weight excluding hydrogens is 377 g/mol. The average molecular weight is 394 g/mol. The fraction of sp³-hybridized carbons (Fsp3) is 0.222. The Balaban J connectivity index is 1.78. The summed E-state index contributed by atoms with van der Waals surface area (Å²) >= 11 is 0. The van der Waals surface area contributed by atoms with E-state index < -0.39 is 22.0 Å². The van der Waals surface area contributed by atoms with Crippen molar-refractivity contribution < 1.29 is 17.4 Å². The molecule has 3 rings (SSSR count). The summed E-state index contributed by atoms with van der Waals surface area (Å²) in [6.07, 6.45) is 0.314. The molecule has 0 aliphatic carbocycles. The fourth-order valence-electron chi connectivity index (χ4n) is 2.57. The third-order valence-electron chi connectivity index (χ3n) is 3.93. The topological polar surface area (TPSA) is 57.9 Å². The van der Waals surface area contributed by atoms with Gasteiger partial charge in [-0.15, -0.1) is 0 Å². The lowest BCUT2D eigenvalue weighted by molar-refractivity contribution is 0.224. The van der Waals surface area contributed by atoms with Gasteiger partial charge >= 0.3 is 0 Å². The SMILES string of the molecule is C=S(C)(=O)N(Cc1ccc(C2=NN=C(C(F)F)C2)cn1)c1cccc(F)c1. The van der Waals surface area contributed by atoms with E-state index in [1.165, 1.54) is 35.0 Å². The van der Waals surface area contributed by atoms with Crippen LogP contribution in [-0.4, -0.2) is 39.2 Å². The molecule has 1 aliphatic rings. The zero-order chi connectivity index (χ0) is 19.6. The molecule has 0 amide bonds. The van der Waals surface area contributed by atoms with E-state index in [2.05, 4.69) is 21.1 Å². The van der Waals surface area contributed by atoms with Crippen LogP contribution >= 0.6 is 0 Å². The van der Waals surface area contributed by atoms with Gasteiger partial charge in [0.15, 0.2) is 0 Å². The summed E-state index contributed by atoms with van der Waals surface area (Å²) in [5, 5.41) is 7.25. The normalized spacial score (nSPS) is 16.0. The van der Waals surface area contributed by atoms with Crippen LogP contribution in [0.4, 0.5) is 18.9 Å². The Kier molecular flexibility index (Phi) is 5.31. The summed E-state index contributed by atoms with van der Waals surface area (Å²) in [6, 6.07) is 9.11. The van der Waals surface area contributed by atoms with Crippen molar-refractivity contribution in [3.63, 3.8) is 0 Å². The Labute approximate surface area is 155 Å². The van der Waals surface area contributed by atoms with Gasteiger partial charge in [0.2, 0.25) is 0 Å². The molecule has 1 aromatic carbocycles. The van der Waals surface area contributed by atoms with Crippen molar-refractivity contribution in [2.45, 2.75) is 19.4 Å². The summed E-state index contributed by atoms with van der Waals surface area (Å²) < 4.78 is 52.9. The van der Waals surface area contributed by atoms with Gasteiger partial charge < -0.3 is 0 Å². The van der Waals surface area contributed by atoms with Crippen molar-refractivity contribution in [2.75, 3.05) is 10.6 Å². The van der Waals surface area contributed by atoms with Crippen LogP contribution in [0.5, 0.6) is 0 Å². The molecule has 0 bridgehead atoms. The van der Waals surface area contributed by atoms with Gasteiger partial charge in [-0.25, -0.2) is 17.4 Å². The summed E-state index contributed by atoms with van der Waals surface area (Å²) in [5.74, 6) is 3.23. The third-order valence-corrected chi connectivity index (χ3v) is 5.20. The molecule has 0 saturated carbocycles. The first kappa shape index (κ1) is 19.1. The Bertz CT molecular complexity index is 1000. The molecule has 0 N–H and O–H groups in total. The quantitative estimate of drug-likeness (QED) is 0.706. The molecular formula is C18H17F3N4OS. The second-order valence-electron chi connectivity index (χ2n) is 6.13. The molecule has 0 radical (unpaired) electrons. The smallest absolute Gasteiger partial charge is 0.278 e. The molecule has 27 heavy (non-hydrogen) atoms. The Morgan fingerprint density at radius 1 is 1.26 bits per heavy atom. The van der Waals surface area contributed by atoms with Gasteiger partial charge in [0.1, 0.15) is 11.5 Å². The maximum absolute atomic E-state index is 13.5. The number of hydrogen-bond acceptors (Lipinski definition) is 4. The standard InChI is InChI=1S/C18H17F3N4OS/c1-27(2,26)25(15-5-3-4-13(19)8-15)11-14-7-6-12(10-22-14)16-9-17(18(20)21)24-23-16/h3-8,10,18H,1,9,11H2,2H3. The number of pyridine rings is 1. The van der Waals surface area contributed by atoms with Gasteiger partial charge in [-0.05, 0) is 36.2 Å². The Hall–Kier alpha value is -2.68. The van der Waals surface area contributed by atoms with Crippen LogP contribution in [-0.2, 0) is 16.3 Å². The van der Waals surface area contributed by atoms with E-state index in [-0.39, 0.29) is 18.7 Å². The molecule has 5 nitrogen and oxygen atoms in total. The lowest BCUT2D eigenvalue weighted by Gasteiger charge is -2.26. The van der Waals surface area contributed by atoms with Crippen molar-refractivity contribution in [3.8, 4) is 0 Å². The predicted molar refractivity (Wildman–Crippen MR) is 103 cm³/mol. The van der Waals surface area contributed by atoms with Crippen LogP contribution in [0, 0.1) is 5.82 Å². The maximum atomic E-state index is 13.5. The zero-order valence-corrected chi connectivity index (χ0v) is 15.3. The Morgan fingerprint density at radius 2 is 2.04 bits per heavy atom. The van der Waals surface area contributed by atoms with Gasteiger partial charge in [-0.1, -0.05) is 6.07 Å². The minimum atomic E-state index is -2.67. The van der Waals surface area contributed by atoms with E-state index >= 15 is 0 Å². The number of nitrogens with zero attached hydrogens (tertiary/aromatic N) is 4. The first-order chi connectivity index (χ1) is 12.7. The molecule has 2 heterocycles. The number of hydrogen-bond donors (Lipinski definition) is 0. The molecule has 1 aromatic heterocycles. The number of rotatable bonds is 6. The molecule has 9 heteroatoms. The molecule has 1 aliphatic heterocycles. The summed E-state index contributed by atoms with van der Waals surface area (Å²) in [7, 11) is -2.67. The van der Waals surface area contributed by atoms with Gasteiger partial charge in [0.05, 0.1) is 23.6 Å². The number of benzene rings is 1. The number of aromatic nitrogens is 1. The fourth-order valence-corrected chi connectivity index (χ4v) is 3.53. The van der Waals surface area contributed by atoms with Crippen LogP contribution in [0.1, 0.15) is 17.7 Å². The molecule has 1 atom stereocenters. The predicted octanol–water partition coefficient (Wildman–Crippen LogP) is 3.30. The first-order valence-electron chi connectivity index (χ1n) is 7.96. The van der Waals surface area contributed by atoms with Crippen LogP contribution in [0.2, 0.25) is 0 Å². The zero-order valence-electron chi connectivity index (χ0n) is 14.5. The molecule has 0 spiro atoms. The van der Waals surface area contributed by atoms with Crippen LogP contribution < -0.4 is 4.31 Å². The van der Waals surface area contributed by atoms with E-state index in [0.29, 0.717) is 22.7 Å². The first-order valence-corrected chi connectivity index (χ1v) is 10.1. The lowest BCUT2D eigenvalue weighted by Crippen LogP contribution is -2.29. The largest absolute Gasteiger partial charge is 0.294 e. The lowest BCUT2D eigenvalue weighted by atomic mass is 10.1. The number of alkyl halides is 2. The third kappa shape index (κ3) is 4.54. The van der Waals surface area contributed by atoms with Crippen LogP contribution in [0.25, 0.3) is 0 Å². The van der Waals surface area contributed by atoms with E-state index in [0.717, 1.165) is 0 Å². The average Bonchev–Trinajstić information content (AvgIpc) is 3.09. The summed E-state index contributed by atoms with van der Waals surface area (Å²) in [6.45, 7) is 0.147. The van der Waals surface area contributed by atoms with Gasteiger partial charge in [-0.3, -0.25) is 9.29 Å². The minimum Gasteiger partial charge on any atom is -0.294 e. The second kappa shape index (κ2) is 7.51. The van der Waals surface area contributed by atoms with E-state index in [9.17, 15) is 17.4 Å². The molecule has 2 aromatic rings. The highest BCUT2D eigenvalue weighted by molar-refractivity contribution is 8.00. The monoisotopic (exact) mass is 394 g/mol. The molecule has 0 saturated heterocycles. The van der Waals surface area contributed by atoms with Crippen LogP contribution in [0.3, 0.4) is 0 Å². The Morgan fingerprint density at radius 3 is 2.59 bits per heavy atom. The summed E-state index contributed by atoms with van der Waals surface area (Å²) in [4.78, 5) is 4.29. The van der Waals surface area contributed by atoms with Crippen molar-refractivity contribution in [1.82, 2.24) is 4.98 Å². The maximum Gasteiger partial charge on any atom is 0.278 e. The highest BCUT2D eigenvalue weighted by Gasteiger charge is 2.22. The van der Waals surface area contributed by atoms with E-state index in [1.54, 1.807) is 18.2 Å². The van der Waals surface area contributed by atoms with Crippen molar-refractivity contribution in [1.29, 1.82) is 0 Å². The minimum absolute atomic E-state index is 0.0181. The number of anilines is 1. The highest BCUT2D eigenvalue weighted by Crippen LogP contribution is 2.21. The van der Waals surface area contributed by atoms with Gasteiger partial charge in [0.25, 0.3) is 6.43 Å². The van der Waals surface area contributed by atoms with Crippen molar-refractivity contribution in [2.24, 2.45) is 10.2 Å². The van der Waals surface area contributed by atoms with Gasteiger partial charge in [0, 0.05) is 34.1 Å². The molecule has 1 unspecified atom stereocenters. The van der Waals surface area contributed by atoms with Crippen LogP contribution in [0.15, 0.2) is 52.8 Å². The highest BCUT2D eigenvalue weighted by atomic mass is 32.2. The number of halogens is 3. The summed E-state index contributed by atoms with van der Waals surface area (Å²) in [5.41, 5.74) is 1.73. The van der Waals surface area contributed by atoms with Crippen molar-refractivity contribution in [3.05, 3.63) is 59.7 Å². The van der Waals surface area contributed by atoms with Gasteiger partial charge in [-0.2, -0.15) is 10.2 Å². The molecule has 0 fully saturated rings. The van der Waals surface area contributed by atoms with E-state index in [1.807, 2.05) is 0 Å². The van der Waals surface area contributed by atoms with E-state index in [4.69, 9.17) is 0 Å². The molecule has 142 valence electrons. The van der Waals surface area contributed by atoms with Crippen molar-refractivity contribution >= 4 is 32.7 Å².